The van der Waals surface area contributed by atoms with E-state index < -0.39 is 16.0 Å². The van der Waals surface area contributed by atoms with E-state index in [9.17, 15) is 13.2 Å². The van der Waals surface area contributed by atoms with Crippen LogP contribution in [0.4, 0.5) is 0 Å². The van der Waals surface area contributed by atoms with Crippen molar-refractivity contribution in [2.45, 2.75) is 17.7 Å². The number of hydrogen-bond donors (Lipinski definition) is 0. The highest BCUT2D eigenvalue weighted by atomic mass is 35.5. The SMILES string of the molecule is O=C(Oc1ccccc1Cl)c1cccc(S(=O)(=O)N2CCCC2)c1. The molecule has 0 amide bonds. The highest BCUT2D eigenvalue weighted by molar-refractivity contribution is 7.89. The molecule has 0 bridgehead atoms. The van der Waals surface area contributed by atoms with Crippen molar-refractivity contribution in [1.29, 1.82) is 0 Å². The van der Waals surface area contributed by atoms with Crippen LogP contribution >= 0.6 is 11.6 Å². The number of para-hydroxylation sites is 1. The molecule has 7 heteroatoms. The lowest BCUT2D eigenvalue weighted by Crippen LogP contribution is -2.28. The first kappa shape index (κ1) is 17.0. The van der Waals surface area contributed by atoms with Crippen LogP contribution in [0.5, 0.6) is 5.75 Å². The molecule has 0 radical (unpaired) electrons. The van der Waals surface area contributed by atoms with Gasteiger partial charge in [-0.15, -0.1) is 0 Å². The third-order valence-corrected chi connectivity index (χ3v) is 6.02. The van der Waals surface area contributed by atoms with Gasteiger partial charge in [0.25, 0.3) is 0 Å². The molecular weight excluding hydrogens is 350 g/mol. The summed E-state index contributed by atoms with van der Waals surface area (Å²) < 4.78 is 31.8. The predicted octanol–water partition coefficient (Wildman–Crippen LogP) is 3.34. The predicted molar refractivity (Wildman–Crippen MR) is 90.8 cm³/mol. The van der Waals surface area contributed by atoms with Gasteiger partial charge in [-0.25, -0.2) is 13.2 Å². The maximum Gasteiger partial charge on any atom is 0.343 e. The van der Waals surface area contributed by atoms with Crippen molar-refractivity contribution in [3.63, 3.8) is 0 Å². The quantitative estimate of drug-likeness (QED) is 0.615. The van der Waals surface area contributed by atoms with Gasteiger partial charge in [0.2, 0.25) is 10.0 Å². The summed E-state index contributed by atoms with van der Waals surface area (Å²) in [6.07, 6.45) is 1.71. The van der Waals surface area contributed by atoms with E-state index in [0.717, 1.165) is 12.8 Å². The second-order valence-corrected chi connectivity index (χ2v) is 7.80. The van der Waals surface area contributed by atoms with Crippen LogP contribution in [0.15, 0.2) is 53.4 Å². The van der Waals surface area contributed by atoms with E-state index in [-0.39, 0.29) is 16.2 Å². The van der Waals surface area contributed by atoms with Gasteiger partial charge in [0.1, 0.15) is 5.75 Å². The Hall–Kier alpha value is -1.89. The Morgan fingerprint density at radius 3 is 2.46 bits per heavy atom. The molecular formula is C17H16ClNO4S. The standard InChI is InChI=1S/C17H16ClNO4S/c18-15-8-1-2-9-16(15)23-17(20)13-6-5-7-14(12-13)24(21,22)19-10-3-4-11-19/h1-2,5-9,12H,3-4,10-11H2. The van der Waals surface area contributed by atoms with Crippen LogP contribution in [0.2, 0.25) is 5.02 Å². The van der Waals surface area contributed by atoms with Crippen LogP contribution in [-0.2, 0) is 10.0 Å². The van der Waals surface area contributed by atoms with Crippen molar-refractivity contribution >= 4 is 27.6 Å². The number of carbonyl (C=O) groups is 1. The number of rotatable bonds is 4. The smallest absolute Gasteiger partial charge is 0.343 e. The second kappa shape index (κ2) is 6.93. The Morgan fingerprint density at radius 1 is 1.04 bits per heavy atom. The number of nitrogens with zero attached hydrogens (tertiary/aromatic N) is 1. The zero-order chi connectivity index (χ0) is 17.2. The van der Waals surface area contributed by atoms with Crippen molar-refractivity contribution in [3.8, 4) is 5.75 Å². The Balaban J connectivity index is 1.85. The third kappa shape index (κ3) is 3.45. The molecule has 0 saturated carbocycles. The van der Waals surface area contributed by atoms with E-state index in [0.29, 0.717) is 18.1 Å². The Morgan fingerprint density at radius 2 is 1.75 bits per heavy atom. The lowest BCUT2D eigenvalue weighted by atomic mass is 10.2. The average molecular weight is 366 g/mol. The largest absolute Gasteiger partial charge is 0.421 e. The van der Waals surface area contributed by atoms with E-state index in [1.807, 2.05) is 0 Å². The molecule has 2 aromatic carbocycles. The topological polar surface area (TPSA) is 63.7 Å². The molecule has 2 aromatic rings. The van der Waals surface area contributed by atoms with Crippen LogP contribution in [0.25, 0.3) is 0 Å². The lowest BCUT2D eigenvalue weighted by Gasteiger charge is -2.15. The molecule has 3 rings (SSSR count). The fraction of sp³-hybridized carbons (Fsp3) is 0.235. The molecule has 24 heavy (non-hydrogen) atoms. The molecule has 1 heterocycles. The molecule has 0 aliphatic carbocycles. The summed E-state index contributed by atoms with van der Waals surface area (Å²) in [5.41, 5.74) is 0.162. The summed E-state index contributed by atoms with van der Waals surface area (Å²) in [5.74, 6) is -0.418. The Labute approximate surface area is 145 Å². The van der Waals surface area contributed by atoms with Crippen molar-refractivity contribution < 1.29 is 17.9 Å². The van der Waals surface area contributed by atoms with Gasteiger partial charge in [0.05, 0.1) is 15.5 Å². The fourth-order valence-electron chi connectivity index (χ4n) is 2.55. The Bertz CT molecular complexity index is 860. The summed E-state index contributed by atoms with van der Waals surface area (Å²) in [6.45, 7) is 1.02. The first-order chi connectivity index (χ1) is 11.5. The molecule has 1 aliphatic heterocycles. The summed E-state index contributed by atoms with van der Waals surface area (Å²) in [4.78, 5) is 12.4. The molecule has 5 nitrogen and oxygen atoms in total. The van der Waals surface area contributed by atoms with E-state index in [1.165, 1.54) is 28.6 Å². The van der Waals surface area contributed by atoms with E-state index in [2.05, 4.69) is 0 Å². The fourth-order valence-corrected chi connectivity index (χ4v) is 4.29. The maximum absolute atomic E-state index is 12.6. The molecule has 1 aliphatic rings. The van der Waals surface area contributed by atoms with Crippen LogP contribution < -0.4 is 4.74 Å². The second-order valence-electron chi connectivity index (χ2n) is 5.46. The Kier molecular flexibility index (Phi) is 4.89. The third-order valence-electron chi connectivity index (χ3n) is 3.81. The number of carbonyl (C=O) groups excluding carboxylic acids is 1. The molecule has 126 valence electrons. The van der Waals surface area contributed by atoms with Gasteiger partial charge in [0, 0.05) is 13.1 Å². The summed E-state index contributed by atoms with van der Waals surface area (Å²) >= 11 is 5.97. The summed E-state index contributed by atoms with van der Waals surface area (Å²) in [6, 6.07) is 12.5. The van der Waals surface area contributed by atoms with Crippen molar-refractivity contribution in [2.24, 2.45) is 0 Å². The minimum Gasteiger partial charge on any atom is -0.421 e. The van der Waals surface area contributed by atoms with Crippen molar-refractivity contribution in [2.75, 3.05) is 13.1 Å². The highest BCUT2D eigenvalue weighted by Gasteiger charge is 2.27. The first-order valence-corrected chi connectivity index (χ1v) is 9.37. The minimum absolute atomic E-state index is 0.0954. The average Bonchev–Trinajstić information content (AvgIpc) is 3.12. The number of benzene rings is 2. The molecule has 0 atom stereocenters. The lowest BCUT2D eigenvalue weighted by molar-refractivity contribution is 0.0734. The summed E-state index contributed by atoms with van der Waals surface area (Å²) in [7, 11) is -3.58. The molecule has 1 saturated heterocycles. The van der Waals surface area contributed by atoms with Crippen molar-refractivity contribution in [3.05, 3.63) is 59.1 Å². The number of halogens is 1. The van der Waals surface area contributed by atoms with Crippen LogP contribution in [0.1, 0.15) is 23.2 Å². The van der Waals surface area contributed by atoms with Gasteiger partial charge in [-0.3, -0.25) is 0 Å². The van der Waals surface area contributed by atoms with Crippen molar-refractivity contribution in [1.82, 2.24) is 4.31 Å². The van der Waals surface area contributed by atoms with Crippen LogP contribution in [-0.4, -0.2) is 31.8 Å². The number of ether oxygens (including phenoxy) is 1. The first-order valence-electron chi connectivity index (χ1n) is 7.55. The molecule has 1 fully saturated rings. The zero-order valence-corrected chi connectivity index (χ0v) is 14.4. The van der Waals surface area contributed by atoms with Gasteiger partial charge >= 0.3 is 5.97 Å². The minimum atomic E-state index is -3.58. The summed E-state index contributed by atoms with van der Waals surface area (Å²) in [5, 5.41) is 0.312. The number of esters is 1. The van der Waals surface area contributed by atoms with Gasteiger partial charge < -0.3 is 4.74 Å². The van der Waals surface area contributed by atoms with E-state index in [4.69, 9.17) is 16.3 Å². The molecule has 0 N–H and O–H groups in total. The number of hydrogen-bond acceptors (Lipinski definition) is 4. The van der Waals surface area contributed by atoms with Gasteiger partial charge in [-0.2, -0.15) is 4.31 Å². The van der Waals surface area contributed by atoms with Gasteiger partial charge in [-0.05, 0) is 43.2 Å². The van der Waals surface area contributed by atoms with Gasteiger partial charge in [-0.1, -0.05) is 29.8 Å². The molecule has 0 unspecified atom stereocenters. The maximum atomic E-state index is 12.6. The van der Waals surface area contributed by atoms with Crippen LogP contribution in [0, 0.1) is 0 Å². The number of sulfonamides is 1. The highest BCUT2D eigenvalue weighted by Crippen LogP contribution is 2.25. The molecule has 0 aromatic heterocycles. The normalized spacial score (nSPS) is 15.4. The zero-order valence-electron chi connectivity index (χ0n) is 12.8. The molecule has 0 spiro atoms. The van der Waals surface area contributed by atoms with E-state index in [1.54, 1.807) is 24.3 Å². The monoisotopic (exact) mass is 365 g/mol. The van der Waals surface area contributed by atoms with E-state index >= 15 is 0 Å². The van der Waals surface area contributed by atoms with Gasteiger partial charge in [0.15, 0.2) is 0 Å². The van der Waals surface area contributed by atoms with Crippen LogP contribution in [0.3, 0.4) is 0 Å².